The second kappa shape index (κ2) is 21.9. The molecule has 0 radical (unpaired) electrons. The second-order valence-electron chi connectivity index (χ2n) is 7.42. The monoisotopic (exact) mass is 616 g/mol. The molecule has 5 nitrogen and oxygen atoms in total. The van der Waals surface area contributed by atoms with Gasteiger partial charge in [-0.25, -0.2) is 0 Å². The van der Waals surface area contributed by atoms with E-state index in [-0.39, 0.29) is 29.0 Å². The molecule has 0 aromatic heterocycles. The van der Waals surface area contributed by atoms with Gasteiger partial charge in [0.1, 0.15) is 0 Å². The molecule has 154 valence electrons. The van der Waals surface area contributed by atoms with Crippen LogP contribution in [-0.2, 0) is 44.3 Å². The molecule has 1 heterocycles. The minimum atomic E-state index is -1.06. The van der Waals surface area contributed by atoms with E-state index in [0.717, 1.165) is 4.91 Å². The molecular formula is C20H25O5PSi2W. The van der Waals surface area contributed by atoms with Crippen molar-refractivity contribution >= 4 is 29.4 Å². The Bertz CT molecular complexity index is 620. The molecule has 1 atom stereocenters. The smallest absolute Gasteiger partial charge is 0 e. The summed E-state index contributed by atoms with van der Waals surface area (Å²) in [5.74, 6) is 2.59. The zero-order chi connectivity index (χ0) is 23.6. The van der Waals surface area contributed by atoms with Crippen LogP contribution in [0.1, 0.15) is 5.56 Å². The molecule has 1 aliphatic rings. The van der Waals surface area contributed by atoms with Gasteiger partial charge in [-0.1, -0.05) is 77.5 Å². The quantitative estimate of drug-likeness (QED) is 0.187. The van der Waals surface area contributed by atoms with Crippen molar-refractivity contribution in [2.75, 3.05) is 0 Å². The standard InChI is InChI=1S/C15H25PSi2.5CO.W/c1-17(2,3)15(18(4,5)6)16-12-14(16)13-10-8-7-9-11-13;5*1-2;/h7-12,15H,1-6H3;;;;;;. The summed E-state index contributed by atoms with van der Waals surface area (Å²) in [6.45, 7) is 37.9. The topological polar surface area (TPSA) is 99.5 Å². The molecule has 29 heavy (non-hydrogen) atoms. The van der Waals surface area contributed by atoms with Crippen LogP contribution in [0.5, 0.6) is 0 Å². The maximum Gasteiger partial charge on any atom is 0 e. The summed E-state index contributed by atoms with van der Waals surface area (Å²) >= 11 is 0. The zero-order valence-electron chi connectivity index (χ0n) is 17.4. The Kier molecular flexibility index (Phi) is 29.3. The summed E-state index contributed by atoms with van der Waals surface area (Å²) < 4.78 is 37.5. The van der Waals surface area contributed by atoms with E-state index in [1.807, 2.05) is 0 Å². The van der Waals surface area contributed by atoms with E-state index in [4.69, 9.17) is 23.3 Å². The zero-order valence-corrected chi connectivity index (χ0v) is 23.3. The Labute approximate surface area is 192 Å². The van der Waals surface area contributed by atoms with E-state index in [1.165, 1.54) is 5.56 Å². The van der Waals surface area contributed by atoms with Crippen LogP contribution in [0.4, 0.5) is 0 Å². The van der Waals surface area contributed by atoms with Gasteiger partial charge in [-0.15, -0.1) is 0 Å². The third-order valence-corrected chi connectivity index (χ3v) is 20.0. The summed E-state index contributed by atoms with van der Waals surface area (Å²) in [5, 5.41) is 1.68. The second-order valence-corrected chi connectivity index (χ2v) is 21.7. The van der Waals surface area contributed by atoms with Crippen molar-refractivity contribution in [1.82, 2.24) is 0 Å². The van der Waals surface area contributed by atoms with Crippen LogP contribution in [0, 0.1) is 33.3 Å². The summed E-state index contributed by atoms with van der Waals surface area (Å²) in [4.78, 5) is 1.04. The Balaban J connectivity index is -0.000000153. The number of benzene rings is 1. The van der Waals surface area contributed by atoms with Gasteiger partial charge in [0.25, 0.3) is 0 Å². The maximum atomic E-state index is 7.50. The van der Waals surface area contributed by atoms with E-state index in [2.05, 4.69) is 109 Å². The van der Waals surface area contributed by atoms with Crippen molar-refractivity contribution in [3.05, 3.63) is 75.0 Å². The number of hydrogen-bond donors (Lipinski definition) is 0. The molecule has 1 aliphatic heterocycles. The van der Waals surface area contributed by atoms with Crippen LogP contribution in [0.3, 0.4) is 0 Å². The average molecular weight is 616 g/mol. The minimum absolute atomic E-state index is 0. The minimum Gasteiger partial charge on any atom is 0 e. The molecule has 0 N–H and O–H groups in total. The molecule has 1 unspecified atom stereocenters. The van der Waals surface area contributed by atoms with Gasteiger partial charge in [-0.05, 0) is 21.6 Å². The first-order chi connectivity index (χ1) is 13.2. The Morgan fingerprint density at radius 1 is 0.655 bits per heavy atom. The van der Waals surface area contributed by atoms with E-state index < -0.39 is 16.1 Å². The van der Waals surface area contributed by atoms with Gasteiger partial charge in [-0.3, -0.25) is 0 Å². The summed E-state index contributed by atoms with van der Waals surface area (Å²) in [7, 11) is -2.03. The predicted molar refractivity (Wildman–Crippen MR) is 111 cm³/mol. The van der Waals surface area contributed by atoms with Crippen LogP contribution >= 0.6 is 7.92 Å². The van der Waals surface area contributed by atoms with Gasteiger partial charge in [0, 0.05) is 37.2 Å². The molecule has 0 spiro atoms. The van der Waals surface area contributed by atoms with Crippen molar-refractivity contribution < 1.29 is 44.3 Å². The molecule has 0 amide bonds. The van der Waals surface area contributed by atoms with Gasteiger partial charge in [0.15, 0.2) is 0 Å². The Hall–Kier alpha value is -0.788. The fourth-order valence-electron chi connectivity index (χ4n) is 3.28. The first kappa shape index (κ1) is 38.8. The third kappa shape index (κ3) is 15.7. The summed E-state index contributed by atoms with van der Waals surface area (Å²) in [5.41, 5.74) is 1.48. The van der Waals surface area contributed by atoms with Crippen molar-refractivity contribution in [2.45, 2.75) is 44.2 Å². The molecule has 0 saturated heterocycles. The van der Waals surface area contributed by atoms with Crippen molar-refractivity contribution in [3.8, 4) is 0 Å². The molecule has 0 saturated carbocycles. The van der Waals surface area contributed by atoms with Gasteiger partial charge in [0.05, 0.1) is 0 Å². The van der Waals surface area contributed by atoms with Crippen LogP contribution in [0.2, 0.25) is 39.3 Å². The molecule has 0 aliphatic carbocycles. The molecule has 0 fully saturated rings. The van der Waals surface area contributed by atoms with Crippen LogP contribution < -0.4 is 0 Å². The molecule has 1 aromatic carbocycles. The fraction of sp³-hybridized carbons (Fsp3) is 0.350. The van der Waals surface area contributed by atoms with Crippen molar-refractivity contribution in [2.24, 2.45) is 0 Å². The Morgan fingerprint density at radius 3 is 1.24 bits per heavy atom. The van der Waals surface area contributed by atoms with Crippen LogP contribution in [-0.4, -0.2) is 21.1 Å². The molecule has 9 heteroatoms. The maximum absolute atomic E-state index is 7.50. The SMILES string of the molecule is C[Si](C)(C)C(P1C=C1c1ccccc1)[Si](C)(C)C.[C-]#[O+].[C-]#[O+].[C-]#[O+].[C-]#[O+].[C-]#[O+].[W]. The van der Waals surface area contributed by atoms with Crippen LogP contribution in [0.15, 0.2) is 36.1 Å². The largest absolute Gasteiger partial charge is 0 e. The molecule has 2 rings (SSSR count). The van der Waals surface area contributed by atoms with E-state index in [0.29, 0.717) is 0 Å². The average Bonchev–Trinajstić information content (AvgIpc) is 3.48. The predicted octanol–water partition coefficient (Wildman–Crippen LogP) is 5.41. The van der Waals surface area contributed by atoms with E-state index in [1.54, 1.807) is 5.31 Å². The van der Waals surface area contributed by atoms with Gasteiger partial charge in [-0.2, -0.15) is 0 Å². The summed E-state index contributed by atoms with van der Waals surface area (Å²) in [6, 6.07) is 11.0. The van der Waals surface area contributed by atoms with Gasteiger partial charge >= 0.3 is 56.5 Å². The first-order valence-corrected chi connectivity index (χ1v) is 16.4. The molecule has 1 aromatic rings. The van der Waals surface area contributed by atoms with E-state index >= 15 is 0 Å². The van der Waals surface area contributed by atoms with Crippen molar-refractivity contribution in [1.29, 1.82) is 0 Å². The van der Waals surface area contributed by atoms with Gasteiger partial charge < -0.3 is 0 Å². The first-order valence-electron chi connectivity index (χ1n) is 7.79. The summed E-state index contributed by atoms with van der Waals surface area (Å²) in [6.07, 6.45) is 0. The Morgan fingerprint density at radius 2 is 0.966 bits per heavy atom. The molecular weight excluding hydrogens is 591 g/mol. The van der Waals surface area contributed by atoms with E-state index in [9.17, 15) is 0 Å². The van der Waals surface area contributed by atoms with Crippen molar-refractivity contribution in [3.63, 3.8) is 0 Å². The van der Waals surface area contributed by atoms with Crippen LogP contribution in [0.25, 0.3) is 5.31 Å². The number of rotatable bonds is 4. The normalized spacial score (nSPS) is 12.7. The third-order valence-electron chi connectivity index (χ3n) is 3.46. The number of hydrogen-bond acceptors (Lipinski definition) is 0. The van der Waals surface area contributed by atoms with Gasteiger partial charge in [0.2, 0.25) is 0 Å². The fourth-order valence-corrected chi connectivity index (χ4v) is 23.1. The molecule has 0 bridgehead atoms.